The van der Waals surface area contributed by atoms with E-state index in [0.29, 0.717) is 43.9 Å². The van der Waals surface area contributed by atoms with E-state index in [-0.39, 0.29) is 29.9 Å². The first-order valence-electron chi connectivity index (χ1n) is 10.4. The molecule has 0 N–H and O–H groups in total. The molecule has 8 nitrogen and oxygen atoms in total. The number of carbonyl (C=O) groups excluding carboxylic acids is 2. The van der Waals surface area contributed by atoms with Crippen molar-refractivity contribution in [2.45, 2.75) is 50.8 Å². The summed E-state index contributed by atoms with van der Waals surface area (Å²) in [5.74, 6) is -0.921. The summed E-state index contributed by atoms with van der Waals surface area (Å²) in [6.07, 6.45) is 4.30. The smallest absolute Gasteiger partial charge is 0.310 e. The van der Waals surface area contributed by atoms with Crippen molar-refractivity contribution in [2.75, 3.05) is 32.8 Å². The highest BCUT2D eigenvalue weighted by Crippen LogP contribution is 2.29. The van der Waals surface area contributed by atoms with Crippen molar-refractivity contribution in [3.8, 4) is 0 Å². The van der Waals surface area contributed by atoms with Crippen LogP contribution in [0.25, 0.3) is 0 Å². The van der Waals surface area contributed by atoms with Gasteiger partial charge in [-0.15, -0.1) is 0 Å². The van der Waals surface area contributed by atoms with Crippen LogP contribution in [0.2, 0.25) is 0 Å². The number of piperidine rings is 2. The fourth-order valence-electron chi connectivity index (χ4n) is 4.15. The van der Waals surface area contributed by atoms with Gasteiger partial charge < -0.3 is 14.2 Å². The van der Waals surface area contributed by atoms with Gasteiger partial charge in [-0.25, -0.2) is 8.42 Å². The van der Waals surface area contributed by atoms with Gasteiger partial charge >= 0.3 is 5.97 Å². The molecular formula is C20H31N3O5S. The molecule has 2 saturated heterocycles. The van der Waals surface area contributed by atoms with Crippen LogP contribution < -0.4 is 0 Å². The van der Waals surface area contributed by atoms with Crippen molar-refractivity contribution < 1.29 is 22.7 Å². The Kier molecular flexibility index (Phi) is 6.68. The average molecular weight is 426 g/mol. The zero-order chi connectivity index (χ0) is 21.2. The number of carbonyl (C=O) groups is 2. The molecule has 162 valence electrons. The molecule has 1 aromatic rings. The zero-order valence-electron chi connectivity index (χ0n) is 17.5. The monoisotopic (exact) mass is 425 g/mol. The number of sulfonamides is 1. The molecule has 0 aliphatic carbocycles. The summed E-state index contributed by atoms with van der Waals surface area (Å²) in [7, 11) is -2.08. The molecular weight excluding hydrogens is 394 g/mol. The van der Waals surface area contributed by atoms with E-state index in [2.05, 4.69) is 0 Å². The van der Waals surface area contributed by atoms with Crippen LogP contribution >= 0.6 is 0 Å². The van der Waals surface area contributed by atoms with Crippen LogP contribution in [0.5, 0.6) is 0 Å². The SMILES string of the molecule is CCOC(=O)[C@@H]1CCCN(S(=O)(=O)c2cc(C(=O)N3CCCCC3)n(C)c2C)C1. The number of esters is 1. The zero-order valence-corrected chi connectivity index (χ0v) is 18.3. The lowest BCUT2D eigenvalue weighted by molar-refractivity contribution is -0.149. The Bertz CT molecular complexity index is 871. The molecule has 0 aromatic carbocycles. The highest BCUT2D eigenvalue weighted by molar-refractivity contribution is 7.89. The first-order valence-corrected chi connectivity index (χ1v) is 11.8. The van der Waals surface area contributed by atoms with Crippen LogP contribution in [0.3, 0.4) is 0 Å². The van der Waals surface area contributed by atoms with Gasteiger partial charge in [0, 0.05) is 38.9 Å². The molecule has 9 heteroatoms. The van der Waals surface area contributed by atoms with Gasteiger partial charge in [0.25, 0.3) is 5.91 Å². The van der Waals surface area contributed by atoms with Gasteiger partial charge in [-0.05, 0) is 52.0 Å². The standard InChI is InChI=1S/C20H31N3O5S/c1-4-28-20(25)16-9-8-12-23(14-16)29(26,27)18-13-17(21(3)15(18)2)19(24)22-10-6-5-7-11-22/h13,16H,4-12,14H2,1-3H3/t16-/m1/s1. The highest BCUT2D eigenvalue weighted by atomic mass is 32.2. The fraction of sp³-hybridized carbons (Fsp3) is 0.700. The molecule has 0 unspecified atom stereocenters. The average Bonchev–Trinajstić information content (AvgIpc) is 3.04. The summed E-state index contributed by atoms with van der Waals surface area (Å²) < 4.78 is 34.8. The van der Waals surface area contributed by atoms with Crippen molar-refractivity contribution >= 4 is 21.9 Å². The molecule has 2 aliphatic rings. The number of hydrogen-bond acceptors (Lipinski definition) is 5. The van der Waals surface area contributed by atoms with Crippen LogP contribution in [-0.2, 0) is 26.6 Å². The van der Waals surface area contributed by atoms with Crippen molar-refractivity contribution in [1.29, 1.82) is 0 Å². The predicted octanol–water partition coefficient (Wildman–Crippen LogP) is 1.92. The van der Waals surface area contributed by atoms with E-state index < -0.39 is 15.9 Å². The summed E-state index contributed by atoms with van der Waals surface area (Å²) in [6, 6.07) is 1.50. The Hall–Kier alpha value is -1.87. The summed E-state index contributed by atoms with van der Waals surface area (Å²) in [5.41, 5.74) is 0.922. The number of nitrogens with zero attached hydrogens (tertiary/aromatic N) is 3. The fourth-order valence-corrected chi connectivity index (χ4v) is 5.94. The van der Waals surface area contributed by atoms with E-state index in [4.69, 9.17) is 4.74 Å². The minimum absolute atomic E-state index is 0.116. The Morgan fingerprint density at radius 1 is 1.14 bits per heavy atom. The minimum Gasteiger partial charge on any atom is -0.466 e. The van der Waals surface area contributed by atoms with E-state index in [0.717, 1.165) is 19.3 Å². The first kappa shape index (κ1) is 21.8. The maximum absolute atomic E-state index is 13.3. The summed E-state index contributed by atoms with van der Waals surface area (Å²) >= 11 is 0. The van der Waals surface area contributed by atoms with Crippen LogP contribution in [-0.4, -0.2) is 66.9 Å². The molecule has 2 aliphatic heterocycles. The van der Waals surface area contributed by atoms with Crippen LogP contribution in [0.15, 0.2) is 11.0 Å². The summed E-state index contributed by atoms with van der Waals surface area (Å²) in [6.45, 7) is 5.63. The summed E-state index contributed by atoms with van der Waals surface area (Å²) in [5, 5.41) is 0. The van der Waals surface area contributed by atoms with E-state index >= 15 is 0 Å². The largest absolute Gasteiger partial charge is 0.466 e. The van der Waals surface area contributed by atoms with Crippen LogP contribution in [0.4, 0.5) is 0 Å². The lowest BCUT2D eigenvalue weighted by Gasteiger charge is -2.30. The van der Waals surface area contributed by atoms with E-state index in [9.17, 15) is 18.0 Å². The van der Waals surface area contributed by atoms with Crippen molar-refractivity contribution in [1.82, 2.24) is 13.8 Å². The van der Waals surface area contributed by atoms with E-state index in [1.807, 2.05) is 0 Å². The van der Waals surface area contributed by atoms with Gasteiger partial charge in [-0.2, -0.15) is 4.31 Å². The van der Waals surface area contributed by atoms with Crippen molar-refractivity contribution in [3.05, 3.63) is 17.5 Å². The molecule has 1 aromatic heterocycles. The third kappa shape index (κ3) is 4.35. The molecule has 29 heavy (non-hydrogen) atoms. The number of rotatable bonds is 5. The normalized spacial score (nSPS) is 21.2. The second-order valence-electron chi connectivity index (χ2n) is 7.85. The van der Waals surface area contributed by atoms with Crippen LogP contribution in [0, 0.1) is 12.8 Å². The molecule has 1 atom stereocenters. The molecule has 0 radical (unpaired) electrons. The van der Waals surface area contributed by atoms with E-state index in [1.165, 1.54) is 10.4 Å². The summed E-state index contributed by atoms with van der Waals surface area (Å²) in [4.78, 5) is 27.0. The van der Waals surface area contributed by atoms with Gasteiger partial charge in [0.2, 0.25) is 10.0 Å². The van der Waals surface area contributed by atoms with Crippen molar-refractivity contribution in [2.24, 2.45) is 13.0 Å². The second-order valence-corrected chi connectivity index (χ2v) is 9.75. The molecule has 2 fully saturated rings. The predicted molar refractivity (Wildman–Crippen MR) is 108 cm³/mol. The Morgan fingerprint density at radius 2 is 1.83 bits per heavy atom. The van der Waals surface area contributed by atoms with Gasteiger partial charge in [0.15, 0.2) is 0 Å². The topological polar surface area (TPSA) is 88.9 Å². The van der Waals surface area contributed by atoms with Crippen LogP contribution in [0.1, 0.15) is 55.2 Å². The number of hydrogen-bond donors (Lipinski definition) is 0. The van der Waals surface area contributed by atoms with Gasteiger partial charge in [-0.1, -0.05) is 0 Å². The minimum atomic E-state index is -3.81. The third-order valence-electron chi connectivity index (χ3n) is 5.97. The Labute approximate surface area is 172 Å². The quantitative estimate of drug-likeness (QED) is 0.673. The second kappa shape index (κ2) is 8.87. The molecule has 3 rings (SSSR count). The van der Waals surface area contributed by atoms with Crippen molar-refractivity contribution in [3.63, 3.8) is 0 Å². The van der Waals surface area contributed by atoms with Gasteiger partial charge in [-0.3, -0.25) is 9.59 Å². The third-order valence-corrected chi connectivity index (χ3v) is 7.95. The maximum atomic E-state index is 13.3. The number of ether oxygens (including phenoxy) is 1. The van der Waals surface area contributed by atoms with E-state index in [1.54, 1.807) is 30.4 Å². The molecule has 3 heterocycles. The number of aromatic nitrogens is 1. The molecule has 0 saturated carbocycles. The Morgan fingerprint density at radius 3 is 2.48 bits per heavy atom. The Balaban J connectivity index is 1.85. The maximum Gasteiger partial charge on any atom is 0.310 e. The first-order chi connectivity index (χ1) is 13.8. The molecule has 0 bridgehead atoms. The highest BCUT2D eigenvalue weighted by Gasteiger charge is 2.36. The number of amides is 1. The molecule has 1 amide bonds. The lowest BCUT2D eigenvalue weighted by atomic mass is 10.0. The lowest BCUT2D eigenvalue weighted by Crippen LogP contribution is -2.42. The number of likely N-dealkylation sites (tertiary alicyclic amines) is 1. The van der Waals surface area contributed by atoms with Gasteiger partial charge in [0.1, 0.15) is 10.6 Å². The van der Waals surface area contributed by atoms with Gasteiger partial charge in [0.05, 0.1) is 12.5 Å². The molecule has 0 spiro atoms.